The van der Waals surface area contributed by atoms with E-state index >= 15 is 0 Å². The number of nitrogens with one attached hydrogen (secondary N) is 1. The van der Waals surface area contributed by atoms with E-state index in [1.807, 2.05) is 36.9 Å². The maximum Gasteiger partial charge on any atom is 0.337 e. The van der Waals surface area contributed by atoms with Crippen molar-refractivity contribution in [3.63, 3.8) is 0 Å². The van der Waals surface area contributed by atoms with Gasteiger partial charge in [-0.15, -0.1) is 0 Å². The maximum absolute atomic E-state index is 12.6. The molecule has 3 rings (SSSR count). The predicted octanol–water partition coefficient (Wildman–Crippen LogP) is 3.55. The van der Waals surface area contributed by atoms with Gasteiger partial charge in [-0.1, -0.05) is 36.4 Å². The number of esters is 1. The van der Waals surface area contributed by atoms with Gasteiger partial charge in [0, 0.05) is 12.8 Å². The summed E-state index contributed by atoms with van der Waals surface area (Å²) in [7, 11) is 3.05. The highest BCUT2D eigenvalue weighted by molar-refractivity contribution is 7.80. The van der Waals surface area contributed by atoms with Crippen molar-refractivity contribution in [2.45, 2.75) is 25.9 Å². The minimum atomic E-state index is -0.365. The van der Waals surface area contributed by atoms with E-state index in [0.717, 1.165) is 22.0 Å². The summed E-state index contributed by atoms with van der Waals surface area (Å²) in [4.78, 5) is 14.6. The lowest BCUT2D eigenvalue weighted by molar-refractivity contribution is -0.136. The van der Waals surface area contributed by atoms with E-state index in [1.165, 1.54) is 7.11 Å². The highest BCUT2D eigenvalue weighted by Crippen LogP contribution is 2.33. The van der Waals surface area contributed by atoms with Crippen LogP contribution in [0.1, 0.15) is 25.5 Å². The molecule has 1 heterocycles. The van der Waals surface area contributed by atoms with Crippen LogP contribution in [-0.4, -0.2) is 42.8 Å². The Morgan fingerprint density at radius 2 is 1.93 bits per heavy atom. The molecular formula is C21H24N2O3S. The van der Waals surface area contributed by atoms with Gasteiger partial charge >= 0.3 is 5.97 Å². The molecular weight excluding hydrogens is 360 g/mol. The van der Waals surface area contributed by atoms with Gasteiger partial charge in [0.2, 0.25) is 0 Å². The molecule has 0 amide bonds. The standard InChI is InChI=1S/C21H24N2O3S/c1-13(12-25-3)23-14(2)18(20(24)26-4)19(22-21(23)27)17-10-9-15-7-5-6-8-16(15)11-17/h5-11,13,19H,12H2,1-4H3,(H,22,27)/t13-,19-/m0/s1. The first-order valence-corrected chi connectivity index (χ1v) is 9.25. The van der Waals surface area contributed by atoms with E-state index in [-0.39, 0.29) is 18.1 Å². The van der Waals surface area contributed by atoms with Crippen LogP contribution in [0.15, 0.2) is 53.7 Å². The molecule has 0 spiro atoms. The van der Waals surface area contributed by atoms with E-state index in [9.17, 15) is 4.79 Å². The lowest BCUT2D eigenvalue weighted by Crippen LogP contribution is -2.52. The summed E-state index contributed by atoms with van der Waals surface area (Å²) in [5, 5.41) is 6.16. The van der Waals surface area contributed by atoms with Crippen molar-refractivity contribution in [2.24, 2.45) is 0 Å². The fraction of sp³-hybridized carbons (Fsp3) is 0.333. The number of allylic oxidation sites excluding steroid dienone is 1. The van der Waals surface area contributed by atoms with Crippen LogP contribution in [-0.2, 0) is 14.3 Å². The van der Waals surface area contributed by atoms with Gasteiger partial charge in [-0.2, -0.15) is 0 Å². The van der Waals surface area contributed by atoms with Crippen molar-refractivity contribution in [3.8, 4) is 0 Å². The SMILES string of the molecule is COC[C@H](C)N1C(=S)N[C@@H](c2ccc3ccccc3c2)C(C(=O)OC)=C1C. The van der Waals surface area contributed by atoms with E-state index in [2.05, 4.69) is 29.6 Å². The second-order valence-electron chi connectivity index (χ2n) is 6.65. The first kappa shape index (κ1) is 19.3. The van der Waals surface area contributed by atoms with Crippen LogP contribution in [0.2, 0.25) is 0 Å². The van der Waals surface area contributed by atoms with Crippen LogP contribution >= 0.6 is 12.2 Å². The molecule has 142 valence electrons. The quantitative estimate of drug-likeness (QED) is 0.628. The number of fused-ring (bicyclic) bond motifs is 1. The van der Waals surface area contributed by atoms with Crippen LogP contribution in [0.25, 0.3) is 10.8 Å². The smallest absolute Gasteiger partial charge is 0.337 e. The fourth-order valence-corrected chi connectivity index (χ4v) is 4.05. The lowest BCUT2D eigenvalue weighted by atomic mass is 9.93. The Morgan fingerprint density at radius 3 is 2.59 bits per heavy atom. The molecule has 0 aromatic heterocycles. The zero-order valence-corrected chi connectivity index (χ0v) is 16.8. The lowest BCUT2D eigenvalue weighted by Gasteiger charge is -2.40. The summed E-state index contributed by atoms with van der Waals surface area (Å²) in [5.41, 5.74) is 2.31. The number of methoxy groups -OCH3 is 2. The van der Waals surface area contributed by atoms with Crippen molar-refractivity contribution in [1.29, 1.82) is 0 Å². The molecule has 0 bridgehead atoms. The number of thiocarbonyl (C=S) groups is 1. The fourth-order valence-electron chi connectivity index (χ4n) is 3.62. The van der Waals surface area contributed by atoms with Gasteiger partial charge in [-0.3, -0.25) is 0 Å². The van der Waals surface area contributed by atoms with Crippen LogP contribution in [0.5, 0.6) is 0 Å². The second-order valence-corrected chi connectivity index (χ2v) is 7.04. The Hall–Kier alpha value is -2.44. The first-order chi connectivity index (χ1) is 13.0. The molecule has 0 fully saturated rings. The number of carbonyl (C=O) groups excluding carboxylic acids is 1. The molecule has 1 aliphatic heterocycles. The van der Waals surface area contributed by atoms with Crippen molar-refractivity contribution in [3.05, 3.63) is 59.3 Å². The molecule has 0 aliphatic carbocycles. The summed E-state index contributed by atoms with van der Waals surface area (Å²) >= 11 is 5.62. The highest BCUT2D eigenvalue weighted by atomic mass is 32.1. The molecule has 0 radical (unpaired) electrons. The Morgan fingerprint density at radius 1 is 1.22 bits per heavy atom. The Balaban J connectivity index is 2.10. The van der Waals surface area contributed by atoms with Gasteiger partial charge in [0.25, 0.3) is 0 Å². The molecule has 2 atom stereocenters. The van der Waals surface area contributed by atoms with Gasteiger partial charge in [0.1, 0.15) is 0 Å². The molecule has 0 unspecified atom stereocenters. The van der Waals surface area contributed by atoms with Crippen molar-refractivity contribution in [2.75, 3.05) is 20.8 Å². The molecule has 5 nitrogen and oxygen atoms in total. The van der Waals surface area contributed by atoms with E-state index in [0.29, 0.717) is 17.3 Å². The summed E-state index contributed by atoms with van der Waals surface area (Å²) in [6.45, 7) is 4.40. The Labute approximate surface area is 164 Å². The number of rotatable bonds is 5. The molecule has 1 N–H and O–H groups in total. The number of carbonyl (C=O) groups is 1. The van der Waals surface area contributed by atoms with Crippen molar-refractivity contribution >= 4 is 34.1 Å². The monoisotopic (exact) mass is 384 g/mol. The predicted molar refractivity (Wildman–Crippen MR) is 110 cm³/mol. The summed E-state index contributed by atoms with van der Waals surface area (Å²) in [6.07, 6.45) is 0. The normalized spacial score (nSPS) is 18.4. The molecule has 2 aromatic carbocycles. The number of hydrogen-bond donors (Lipinski definition) is 1. The van der Waals surface area contributed by atoms with Crippen LogP contribution in [0, 0.1) is 0 Å². The summed E-state index contributed by atoms with van der Waals surface area (Å²) in [5.74, 6) is -0.365. The molecule has 1 aliphatic rings. The van der Waals surface area contributed by atoms with E-state index in [1.54, 1.807) is 7.11 Å². The zero-order chi connectivity index (χ0) is 19.6. The minimum absolute atomic E-state index is 0.00721. The molecule has 2 aromatic rings. The molecule has 0 saturated carbocycles. The third kappa shape index (κ3) is 3.68. The summed E-state index contributed by atoms with van der Waals surface area (Å²) in [6, 6.07) is 13.9. The molecule has 6 heteroatoms. The maximum atomic E-state index is 12.6. The van der Waals surface area contributed by atoms with Crippen LogP contribution < -0.4 is 5.32 Å². The van der Waals surface area contributed by atoms with Crippen LogP contribution in [0.3, 0.4) is 0 Å². The van der Waals surface area contributed by atoms with Gasteiger partial charge in [0.15, 0.2) is 5.11 Å². The number of ether oxygens (including phenoxy) is 2. The van der Waals surface area contributed by atoms with Gasteiger partial charge in [-0.05, 0) is 48.5 Å². The largest absolute Gasteiger partial charge is 0.466 e. The third-order valence-corrected chi connectivity index (χ3v) is 5.20. The minimum Gasteiger partial charge on any atom is -0.466 e. The molecule has 27 heavy (non-hydrogen) atoms. The molecule has 0 saturated heterocycles. The van der Waals surface area contributed by atoms with Gasteiger partial charge in [0.05, 0.1) is 31.4 Å². The van der Waals surface area contributed by atoms with Crippen LogP contribution in [0.4, 0.5) is 0 Å². The first-order valence-electron chi connectivity index (χ1n) is 8.84. The Bertz CT molecular complexity index is 909. The number of nitrogens with zero attached hydrogens (tertiary/aromatic N) is 1. The second kappa shape index (κ2) is 8.06. The van der Waals surface area contributed by atoms with Gasteiger partial charge < -0.3 is 19.7 Å². The number of hydrogen-bond acceptors (Lipinski definition) is 4. The highest BCUT2D eigenvalue weighted by Gasteiger charge is 2.36. The average molecular weight is 385 g/mol. The summed E-state index contributed by atoms with van der Waals surface area (Å²) < 4.78 is 10.4. The topological polar surface area (TPSA) is 50.8 Å². The zero-order valence-electron chi connectivity index (χ0n) is 16.0. The van der Waals surface area contributed by atoms with Crippen molar-refractivity contribution in [1.82, 2.24) is 10.2 Å². The Kier molecular flexibility index (Phi) is 5.77. The third-order valence-electron chi connectivity index (χ3n) is 4.89. The van der Waals surface area contributed by atoms with E-state index in [4.69, 9.17) is 21.7 Å². The average Bonchev–Trinajstić information content (AvgIpc) is 2.66. The van der Waals surface area contributed by atoms with Gasteiger partial charge in [-0.25, -0.2) is 4.79 Å². The number of benzene rings is 2. The van der Waals surface area contributed by atoms with Crippen molar-refractivity contribution < 1.29 is 14.3 Å². The van der Waals surface area contributed by atoms with E-state index < -0.39 is 0 Å².